The van der Waals surface area contributed by atoms with E-state index in [0.29, 0.717) is 5.92 Å². The predicted molar refractivity (Wildman–Crippen MR) is 71.0 cm³/mol. The van der Waals surface area contributed by atoms with Crippen LogP contribution >= 0.6 is 0 Å². The normalized spacial score (nSPS) is 12.7. The number of rotatable bonds is 7. The fourth-order valence-corrected chi connectivity index (χ4v) is 1.94. The highest BCUT2D eigenvalue weighted by Gasteiger charge is 2.13. The van der Waals surface area contributed by atoms with E-state index in [2.05, 4.69) is 17.3 Å². The summed E-state index contributed by atoms with van der Waals surface area (Å²) in [5, 5.41) is 16.6. The zero-order valence-corrected chi connectivity index (χ0v) is 11.0. The number of hydrogen-bond donors (Lipinski definition) is 3. The first-order valence-electron chi connectivity index (χ1n) is 6.30. The van der Waals surface area contributed by atoms with Crippen LogP contribution in [0, 0.1) is 5.92 Å². The van der Waals surface area contributed by atoms with E-state index in [-0.39, 0.29) is 6.61 Å². The lowest BCUT2D eigenvalue weighted by Gasteiger charge is -2.15. The third kappa shape index (κ3) is 3.36. The molecule has 17 heavy (non-hydrogen) atoms. The summed E-state index contributed by atoms with van der Waals surface area (Å²) in [7, 11) is 1.89. The fourth-order valence-electron chi connectivity index (χ4n) is 1.94. The van der Waals surface area contributed by atoms with E-state index >= 15 is 0 Å². The van der Waals surface area contributed by atoms with E-state index in [4.69, 9.17) is 10.8 Å². The molecule has 5 heteroatoms. The van der Waals surface area contributed by atoms with E-state index < -0.39 is 0 Å². The molecular weight excluding hydrogens is 216 g/mol. The Morgan fingerprint density at radius 3 is 2.65 bits per heavy atom. The summed E-state index contributed by atoms with van der Waals surface area (Å²) < 4.78 is 1.79. The van der Waals surface area contributed by atoms with Crippen LogP contribution in [-0.2, 0) is 13.5 Å². The quantitative estimate of drug-likeness (QED) is 0.673. The first-order valence-corrected chi connectivity index (χ1v) is 6.30. The highest BCUT2D eigenvalue weighted by atomic mass is 16.3. The lowest BCUT2D eigenvalue weighted by atomic mass is 10.0. The molecule has 0 radical (unpaired) electrons. The summed E-state index contributed by atoms with van der Waals surface area (Å²) in [4.78, 5) is 0. The van der Waals surface area contributed by atoms with Gasteiger partial charge in [-0.25, -0.2) is 0 Å². The molecule has 0 aliphatic rings. The van der Waals surface area contributed by atoms with Crippen LogP contribution in [0.1, 0.15) is 32.4 Å². The first kappa shape index (κ1) is 13.8. The second kappa shape index (κ2) is 6.49. The Hall–Kier alpha value is -1.23. The minimum absolute atomic E-state index is 0.237. The molecule has 0 amide bonds. The van der Waals surface area contributed by atoms with Crippen molar-refractivity contribution in [3.8, 4) is 0 Å². The Kier molecular flexibility index (Phi) is 5.28. The second-order valence-corrected chi connectivity index (χ2v) is 4.35. The Morgan fingerprint density at radius 2 is 2.18 bits per heavy atom. The molecular formula is C12H24N4O. The van der Waals surface area contributed by atoms with Gasteiger partial charge in [-0.15, -0.1) is 0 Å². The van der Waals surface area contributed by atoms with Crippen molar-refractivity contribution < 1.29 is 5.11 Å². The van der Waals surface area contributed by atoms with E-state index in [1.54, 1.807) is 4.68 Å². The van der Waals surface area contributed by atoms with Gasteiger partial charge < -0.3 is 16.2 Å². The highest BCUT2D eigenvalue weighted by Crippen LogP contribution is 2.23. The molecule has 1 rings (SSSR count). The summed E-state index contributed by atoms with van der Waals surface area (Å²) >= 11 is 0. The van der Waals surface area contributed by atoms with Gasteiger partial charge in [0.1, 0.15) is 5.82 Å². The van der Waals surface area contributed by atoms with E-state index in [0.717, 1.165) is 43.0 Å². The van der Waals surface area contributed by atoms with Crippen molar-refractivity contribution in [3.05, 3.63) is 5.69 Å². The number of aliphatic hydroxyl groups is 1. The summed E-state index contributed by atoms with van der Waals surface area (Å²) in [5.74, 6) is 1.36. The van der Waals surface area contributed by atoms with Crippen LogP contribution in [0.2, 0.25) is 0 Å². The van der Waals surface area contributed by atoms with Gasteiger partial charge in [-0.2, -0.15) is 5.10 Å². The largest absolute Gasteiger partial charge is 0.396 e. The molecule has 0 aliphatic carbocycles. The molecule has 4 N–H and O–H groups in total. The average Bonchev–Trinajstić information content (AvgIpc) is 2.60. The predicted octanol–water partition coefficient (Wildman–Crippen LogP) is 1.39. The third-order valence-corrected chi connectivity index (χ3v) is 3.17. The number of nitrogens with one attached hydrogen (secondary N) is 1. The first-order chi connectivity index (χ1) is 8.13. The Balaban J connectivity index is 2.65. The maximum atomic E-state index is 8.95. The van der Waals surface area contributed by atoms with Gasteiger partial charge in [0.15, 0.2) is 0 Å². The molecule has 1 aromatic heterocycles. The van der Waals surface area contributed by atoms with Gasteiger partial charge in [0.2, 0.25) is 0 Å². The van der Waals surface area contributed by atoms with Crippen molar-refractivity contribution in [2.45, 2.75) is 33.1 Å². The van der Waals surface area contributed by atoms with Crippen LogP contribution in [0.15, 0.2) is 0 Å². The smallest absolute Gasteiger partial charge is 0.147 e. The molecule has 98 valence electrons. The van der Waals surface area contributed by atoms with Gasteiger partial charge in [0, 0.05) is 20.2 Å². The van der Waals surface area contributed by atoms with Crippen LogP contribution in [0.3, 0.4) is 0 Å². The molecule has 1 heterocycles. The minimum atomic E-state index is 0.237. The molecule has 1 unspecified atom stereocenters. The molecule has 0 aromatic carbocycles. The fraction of sp³-hybridized carbons (Fsp3) is 0.750. The number of aryl methyl sites for hydroxylation is 2. The van der Waals surface area contributed by atoms with Gasteiger partial charge >= 0.3 is 0 Å². The van der Waals surface area contributed by atoms with Crippen molar-refractivity contribution in [1.82, 2.24) is 9.78 Å². The molecule has 0 bridgehead atoms. The standard InChI is InChI=1S/C12H24N4O/c1-4-9(6-7-17)8-14-12-11(13)10(5-2)15-16(12)3/h9,14,17H,4-8,13H2,1-3H3. The SMILES string of the molecule is CCc1nn(C)c(NCC(CC)CCO)c1N. The number of nitrogens with two attached hydrogens (primary N) is 1. The Labute approximate surface area is 103 Å². The van der Waals surface area contributed by atoms with Gasteiger partial charge in [-0.3, -0.25) is 4.68 Å². The lowest BCUT2D eigenvalue weighted by molar-refractivity contribution is 0.258. The number of hydrogen-bond acceptors (Lipinski definition) is 4. The van der Waals surface area contributed by atoms with Crippen molar-refractivity contribution in [2.24, 2.45) is 13.0 Å². The zero-order valence-electron chi connectivity index (χ0n) is 11.0. The molecule has 5 nitrogen and oxygen atoms in total. The molecule has 0 saturated carbocycles. The molecule has 0 saturated heterocycles. The van der Waals surface area contributed by atoms with Gasteiger partial charge in [0.25, 0.3) is 0 Å². The number of nitrogen functional groups attached to an aromatic ring is 1. The van der Waals surface area contributed by atoms with Crippen molar-refractivity contribution >= 4 is 11.5 Å². The van der Waals surface area contributed by atoms with Crippen molar-refractivity contribution in [1.29, 1.82) is 0 Å². The van der Waals surface area contributed by atoms with Crippen molar-refractivity contribution in [2.75, 3.05) is 24.2 Å². The third-order valence-electron chi connectivity index (χ3n) is 3.17. The number of aromatic nitrogens is 2. The van der Waals surface area contributed by atoms with Crippen LogP contribution < -0.4 is 11.1 Å². The van der Waals surface area contributed by atoms with E-state index in [9.17, 15) is 0 Å². The maximum absolute atomic E-state index is 8.95. The molecule has 0 fully saturated rings. The lowest BCUT2D eigenvalue weighted by Crippen LogP contribution is -2.17. The second-order valence-electron chi connectivity index (χ2n) is 4.35. The molecule has 1 atom stereocenters. The summed E-state index contributed by atoms with van der Waals surface area (Å²) in [6.45, 7) is 5.24. The molecule has 0 spiro atoms. The van der Waals surface area contributed by atoms with Gasteiger partial charge in [-0.05, 0) is 18.8 Å². The minimum Gasteiger partial charge on any atom is -0.396 e. The monoisotopic (exact) mass is 240 g/mol. The highest BCUT2D eigenvalue weighted by molar-refractivity contribution is 5.64. The Bertz CT molecular complexity index is 349. The van der Waals surface area contributed by atoms with Gasteiger partial charge in [0.05, 0.1) is 11.4 Å². The van der Waals surface area contributed by atoms with Crippen LogP contribution in [0.5, 0.6) is 0 Å². The van der Waals surface area contributed by atoms with E-state index in [1.165, 1.54) is 0 Å². The number of anilines is 2. The molecule has 0 aliphatic heterocycles. The van der Waals surface area contributed by atoms with Crippen LogP contribution in [0.4, 0.5) is 11.5 Å². The summed E-state index contributed by atoms with van der Waals surface area (Å²) in [5.41, 5.74) is 7.70. The number of aliphatic hydroxyl groups excluding tert-OH is 1. The number of nitrogens with zero attached hydrogens (tertiary/aromatic N) is 2. The van der Waals surface area contributed by atoms with Crippen LogP contribution in [-0.4, -0.2) is 28.0 Å². The summed E-state index contributed by atoms with van der Waals surface area (Å²) in [6.07, 6.45) is 2.71. The topological polar surface area (TPSA) is 76.1 Å². The van der Waals surface area contributed by atoms with Gasteiger partial charge in [-0.1, -0.05) is 20.3 Å². The van der Waals surface area contributed by atoms with Crippen LogP contribution in [0.25, 0.3) is 0 Å². The maximum Gasteiger partial charge on any atom is 0.147 e. The Morgan fingerprint density at radius 1 is 1.47 bits per heavy atom. The summed E-state index contributed by atoms with van der Waals surface area (Å²) in [6, 6.07) is 0. The zero-order chi connectivity index (χ0) is 12.8. The molecule has 1 aromatic rings. The average molecular weight is 240 g/mol. The van der Waals surface area contributed by atoms with E-state index in [1.807, 2.05) is 14.0 Å². The van der Waals surface area contributed by atoms with Crippen molar-refractivity contribution in [3.63, 3.8) is 0 Å².